The number of hydrogen-bond acceptors (Lipinski definition) is 3. The number of thiophene rings is 1. The first-order chi connectivity index (χ1) is 11.3. The van der Waals surface area contributed by atoms with Crippen LogP contribution in [0.25, 0.3) is 10.1 Å². The van der Waals surface area contributed by atoms with Gasteiger partial charge in [-0.3, -0.25) is 9.48 Å². The van der Waals surface area contributed by atoms with Crippen molar-refractivity contribution in [3.8, 4) is 0 Å². The van der Waals surface area contributed by atoms with Gasteiger partial charge < -0.3 is 4.90 Å². The molecule has 1 amide bonds. The molecular weight excluding hydrogens is 365 g/mol. The summed E-state index contributed by atoms with van der Waals surface area (Å²) >= 11 is 14.0. The SMILES string of the molecule is Cc1nn(C)c(C)c1CN(C)C(=O)c1sc2cccc(Cl)c2c1Cl. The topological polar surface area (TPSA) is 38.1 Å². The van der Waals surface area contributed by atoms with Gasteiger partial charge in [-0.05, 0) is 26.0 Å². The van der Waals surface area contributed by atoms with Crippen LogP contribution >= 0.6 is 34.5 Å². The first-order valence-corrected chi connectivity index (χ1v) is 8.99. The van der Waals surface area contributed by atoms with Gasteiger partial charge in [-0.15, -0.1) is 11.3 Å². The van der Waals surface area contributed by atoms with Gasteiger partial charge in [0.2, 0.25) is 0 Å². The van der Waals surface area contributed by atoms with E-state index in [-0.39, 0.29) is 5.91 Å². The number of amides is 1. The van der Waals surface area contributed by atoms with Crippen molar-refractivity contribution in [3.05, 3.63) is 50.1 Å². The summed E-state index contributed by atoms with van der Waals surface area (Å²) < 4.78 is 2.74. The van der Waals surface area contributed by atoms with E-state index >= 15 is 0 Å². The summed E-state index contributed by atoms with van der Waals surface area (Å²) in [6.07, 6.45) is 0. The average Bonchev–Trinajstić information content (AvgIpc) is 2.99. The summed E-state index contributed by atoms with van der Waals surface area (Å²) in [5, 5.41) is 6.14. The molecule has 0 N–H and O–H groups in total. The number of halogens is 2. The fourth-order valence-electron chi connectivity index (χ4n) is 2.74. The number of benzene rings is 1. The van der Waals surface area contributed by atoms with E-state index in [4.69, 9.17) is 23.2 Å². The van der Waals surface area contributed by atoms with Crippen molar-refractivity contribution < 1.29 is 4.79 Å². The van der Waals surface area contributed by atoms with Crippen molar-refractivity contribution in [2.24, 2.45) is 7.05 Å². The Hall–Kier alpha value is -1.56. The van der Waals surface area contributed by atoms with E-state index in [2.05, 4.69) is 5.10 Å². The van der Waals surface area contributed by atoms with Gasteiger partial charge in [0.05, 0.1) is 15.7 Å². The summed E-state index contributed by atoms with van der Waals surface area (Å²) in [5.74, 6) is -0.111. The molecule has 0 saturated carbocycles. The van der Waals surface area contributed by atoms with Crippen molar-refractivity contribution >= 4 is 50.5 Å². The molecule has 0 saturated heterocycles. The second-order valence-corrected chi connectivity index (χ2v) is 7.63. The van der Waals surface area contributed by atoms with Gasteiger partial charge in [0.25, 0.3) is 5.91 Å². The molecule has 1 aromatic carbocycles. The number of aryl methyl sites for hydroxylation is 2. The Labute approximate surface area is 154 Å². The number of carbonyl (C=O) groups excluding carboxylic acids is 1. The molecule has 2 heterocycles. The molecule has 0 fully saturated rings. The third-order valence-corrected chi connectivity index (χ3v) is 6.15. The number of fused-ring (bicyclic) bond motifs is 1. The summed E-state index contributed by atoms with van der Waals surface area (Å²) in [7, 11) is 3.68. The van der Waals surface area contributed by atoms with Crippen LogP contribution in [-0.4, -0.2) is 27.6 Å². The van der Waals surface area contributed by atoms with Crippen LogP contribution in [0.15, 0.2) is 18.2 Å². The smallest absolute Gasteiger partial charge is 0.265 e. The number of carbonyl (C=O) groups is 1. The fourth-order valence-corrected chi connectivity index (χ4v) is 4.68. The first-order valence-electron chi connectivity index (χ1n) is 7.42. The Morgan fingerprint density at radius 3 is 2.62 bits per heavy atom. The van der Waals surface area contributed by atoms with E-state index in [1.165, 1.54) is 11.3 Å². The largest absolute Gasteiger partial charge is 0.336 e. The molecule has 3 rings (SSSR count). The summed E-state index contributed by atoms with van der Waals surface area (Å²) in [5.41, 5.74) is 3.04. The van der Waals surface area contributed by atoms with Crippen LogP contribution in [0, 0.1) is 13.8 Å². The van der Waals surface area contributed by atoms with Gasteiger partial charge >= 0.3 is 0 Å². The number of aromatic nitrogens is 2. The molecule has 0 radical (unpaired) electrons. The van der Waals surface area contributed by atoms with Crippen LogP contribution in [0.5, 0.6) is 0 Å². The van der Waals surface area contributed by atoms with Crippen LogP contribution in [0.4, 0.5) is 0 Å². The second-order valence-electron chi connectivity index (χ2n) is 5.79. The van der Waals surface area contributed by atoms with Gasteiger partial charge in [-0.25, -0.2) is 0 Å². The molecule has 4 nitrogen and oxygen atoms in total. The summed E-state index contributed by atoms with van der Waals surface area (Å²) in [4.78, 5) is 15.0. The van der Waals surface area contributed by atoms with Crippen molar-refractivity contribution in [1.82, 2.24) is 14.7 Å². The number of rotatable bonds is 3. The van der Waals surface area contributed by atoms with Crippen LogP contribution in [0.3, 0.4) is 0 Å². The molecule has 0 spiro atoms. The molecule has 3 aromatic rings. The third-order valence-electron chi connectivity index (χ3n) is 4.20. The minimum atomic E-state index is -0.111. The number of hydrogen-bond donors (Lipinski definition) is 0. The van der Waals surface area contributed by atoms with Gasteiger partial charge in [0.1, 0.15) is 4.88 Å². The molecule has 126 valence electrons. The van der Waals surface area contributed by atoms with Gasteiger partial charge in [0.15, 0.2) is 0 Å². The summed E-state index contributed by atoms with van der Waals surface area (Å²) in [6, 6.07) is 5.56. The molecule has 0 atom stereocenters. The molecule has 0 aliphatic heterocycles. The van der Waals surface area contributed by atoms with E-state index in [1.807, 2.05) is 37.7 Å². The lowest BCUT2D eigenvalue weighted by atomic mass is 10.2. The maximum Gasteiger partial charge on any atom is 0.265 e. The molecule has 2 aromatic heterocycles. The van der Waals surface area contributed by atoms with E-state index in [1.54, 1.807) is 18.0 Å². The second kappa shape index (κ2) is 6.39. The highest BCUT2D eigenvalue weighted by molar-refractivity contribution is 7.21. The van der Waals surface area contributed by atoms with Crippen molar-refractivity contribution in [2.45, 2.75) is 20.4 Å². The molecule has 0 bridgehead atoms. The fraction of sp³-hybridized carbons (Fsp3) is 0.294. The first kappa shape index (κ1) is 17.3. The third kappa shape index (κ3) is 2.81. The van der Waals surface area contributed by atoms with Gasteiger partial charge in [-0.1, -0.05) is 29.3 Å². The van der Waals surface area contributed by atoms with E-state index in [9.17, 15) is 4.79 Å². The molecule has 0 aliphatic rings. The summed E-state index contributed by atoms with van der Waals surface area (Å²) in [6.45, 7) is 4.44. The van der Waals surface area contributed by atoms with Crippen LogP contribution in [-0.2, 0) is 13.6 Å². The average molecular weight is 382 g/mol. The Bertz CT molecular complexity index is 945. The van der Waals surface area contributed by atoms with E-state index < -0.39 is 0 Å². The lowest BCUT2D eigenvalue weighted by Gasteiger charge is -2.17. The standard InChI is InChI=1S/C17H17Cl2N3OS/c1-9-11(10(2)22(4)20-9)8-21(3)17(23)16-15(19)14-12(18)6-5-7-13(14)24-16/h5-7H,8H2,1-4H3. The lowest BCUT2D eigenvalue weighted by Crippen LogP contribution is -2.26. The van der Waals surface area contributed by atoms with Gasteiger partial charge in [0, 0.05) is 42.0 Å². The number of nitrogens with zero attached hydrogens (tertiary/aromatic N) is 3. The highest BCUT2D eigenvalue weighted by Crippen LogP contribution is 2.39. The Kier molecular flexibility index (Phi) is 4.60. The van der Waals surface area contributed by atoms with Crippen molar-refractivity contribution in [1.29, 1.82) is 0 Å². The normalized spacial score (nSPS) is 11.2. The van der Waals surface area contributed by atoms with Crippen molar-refractivity contribution in [3.63, 3.8) is 0 Å². The molecule has 7 heteroatoms. The molecule has 0 unspecified atom stereocenters. The Morgan fingerprint density at radius 1 is 1.33 bits per heavy atom. The van der Waals surface area contributed by atoms with E-state index in [0.717, 1.165) is 27.0 Å². The molecule has 0 aliphatic carbocycles. The maximum atomic E-state index is 12.9. The van der Waals surface area contributed by atoms with Crippen LogP contribution in [0.1, 0.15) is 26.6 Å². The van der Waals surface area contributed by atoms with E-state index in [0.29, 0.717) is 21.5 Å². The van der Waals surface area contributed by atoms with Crippen molar-refractivity contribution in [2.75, 3.05) is 7.05 Å². The zero-order chi connectivity index (χ0) is 17.6. The minimum absolute atomic E-state index is 0.111. The zero-order valence-corrected chi connectivity index (χ0v) is 16.2. The van der Waals surface area contributed by atoms with Gasteiger partial charge in [-0.2, -0.15) is 5.10 Å². The Morgan fingerprint density at radius 2 is 2.04 bits per heavy atom. The minimum Gasteiger partial charge on any atom is -0.336 e. The maximum absolute atomic E-state index is 12.9. The predicted octanol–water partition coefficient (Wildman–Crippen LogP) is 4.83. The molecule has 24 heavy (non-hydrogen) atoms. The highest BCUT2D eigenvalue weighted by Gasteiger charge is 2.23. The van der Waals surface area contributed by atoms with Crippen LogP contribution < -0.4 is 0 Å². The quantitative estimate of drug-likeness (QED) is 0.651. The monoisotopic (exact) mass is 381 g/mol. The Balaban J connectivity index is 1.94. The lowest BCUT2D eigenvalue weighted by molar-refractivity contribution is 0.0789. The highest BCUT2D eigenvalue weighted by atomic mass is 35.5. The zero-order valence-electron chi connectivity index (χ0n) is 13.9. The van der Waals surface area contributed by atoms with Crippen LogP contribution in [0.2, 0.25) is 10.0 Å². The predicted molar refractivity (Wildman–Crippen MR) is 100 cm³/mol. The molecular formula is C17H17Cl2N3OS.